The molecular weight excluding hydrogens is 331 g/mol. The largest absolute Gasteiger partial charge is 0.311 e. The average molecular weight is 355 g/mol. The SMILES string of the molecule is CCCC1CN(Cc2ccc(F)cc2Br)C(C2CC2)CN1. The summed E-state index contributed by atoms with van der Waals surface area (Å²) in [6.07, 6.45) is 5.19. The van der Waals surface area contributed by atoms with Crippen LogP contribution in [0.15, 0.2) is 22.7 Å². The molecule has 0 radical (unpaired) electrons. The summed E-state index contributed by atoms with van der Waals surface area (Å²) in [7, 11) is 0. The Morgan fingerprint density at radius 1 is 1.38 bits per heavy atom. The fraction of sp³-hybridized carbons (Fsp3) is 0.647. The Balaban J connectivity index is 1.72. The third-order valence-corrected chi connectivity index (χ3v) is 5.47. The molecule has 0 aromatic heterocycles. The molecule has 1 saturated carbocycles. The lowest BCUT2D eigenvalue weighted by molar-refractivity contribution is 0.104. The number of hydrogen-bond donors (Lipinski definition) is 1. The van der Waals surface area contributed by atoms with Gasteiger partial charge < -0.3 is 5.32 Å². The highest BCUT2D eigenvalue weighted by Crippen LogP contribution is 2.37. The van der Waals surface area contributed by atoms with Crippen LogP contribution in [0, 0.1) is 11.7 Å². The van der Waals surface area contributed by atoms with Crippen molar-refractivity contribution in [3.05, 3.63) is 34.1 Å². The molecule has 2 nitrogen and oxygen atoms in total. The Kier molecular flexibility index (Phi) is 4.97. The Morgan fingerprint density at radius 2 is 2.19 bits per heavy atom. The van der Waals surface area contributed by atoms with Crippen LogP contribution in [0.1, 0.15) is 38.2 Å². The molecule has 2 unspecified atom stereocenters. The number of hydrogen-bond acceptors (Lipinski definition) is 2. The van der Waals surface area contributed by atoms with E-state index in [0.717, 1.165) is 30.0 Å². The van der Waals surface area contributed by atoms with Crippen molar-refractivity contribution >= 4 is 15.9 Å². The molecule has 21 heavy (non-hydrogen) atoms. The smallest absolute Gasteiger partial charge is 0.124 e. The van der Waals surface area contributed by atoms with Crippen LogP contribution in [-0.2, 0) is 6.54 Å². The van der Waals surface area contributed by atoms with E-state index in [0.29, 0.717) is 12.1 Å². The van der Waals surface area contributed by atoms with E-state index in [1.54, 1.807) is 12.1 Å². The van der Waals surface area contributed by atoms with E-state index in [-0.39, 0.29) is 5.82 Å². The van der Waals surface area contributed by atoms with E-state index < -0.39 is 0 Å². The Bertz CT molecular complexity index is 490. The highest BCUT2D eigenvalue weighted by atomic mass is 79.9. The van der Waals surface area contributed by atoms with Crippen molar-refractivity contribution in [3.63, 3.8) is 0 Å². The second-order valence-electron chi connectivity index (χ2n) is 6.46. The highest BCUT2D eigenvalue weighted by Gasteiger charge is 2.38. The van der Waals surface area contributed by atoms with Gasteiger partial charge in [0.25, 0.3) is 0 Å². The number of nitrogens with one attached hydrogen (secondary N) is 1. The van der Waals surface area contributed by atoms with E-state index in [1.807, 2.05) is 6.07 Å². The normalized spacial score (nSPS) is 27.0. The molecule has 1 aliphatic heterocycles. The van der Waals surface area contributed by atoms with Gasteiger partial charge in [-0.1, -0.05) is 35.3 Å². The molecule has 1 aromatic rings. The van der Waals surface area contributed by atoms with Gasteiger partial charge >= 0.3 is 0 Å². The van der Waals surface area contributed by atoms with Crippen LogP contribution in [0.5, 0.6) is 0 Å². The monoisotopic (exact) mass is 354 g/mol. The van der Waals surface area contributed by atoms with Crippen LogP contribution in [0.4, 0.5) is 4.39 Å². The topological polar surface area (TPSA) is 15.3 Å². The molecule has 116 valence electrons. The third kappa shape index (κ3) is 3.85. The van der Waals surface area contributed by atoms with Gasteiger partial charge in [0, 0.05) is 36.2 Å². The minimum Gasteiger partial charge on any atom is -0.311 e. The molecule has 1 aliphatic carbocycles. The summed E-state index contributed by atoms with van der Waals surface area (Å²) in [6.45, 7) is 5.38. The maximum atomic E-state index is 13.2. The van der Waals surface area contributed by atoms with Crippen LogP contribution in [0.25, 0.3) is 0 Å². The molecule has 0 spiro atoms. The fourth-order valence-electron chi connectivity index (χ4n) is 3.44. The average Bonchev–Trinajstić information content (AvgIpc) is 3.27. The summed E-state index contributed by atoms with van der Waals surface area (Å²) in [6, 6.07) is 6.31. The lowest BCUT2D eigenvalue weighted by atomic mass is 10.0. The summed E-state index contributed by atoms with van der Waals surface area (Å²) < 4.78 is 14.1. The summed E-state index contributed by atoms with van der Waals surface area (Å²) in [4.78, 5) is 2.62. The molecule has 3 rings (SSSR count). The second kappa shape index (κ2) is 6.76. The maximum absolute atomic E-state index is 13.2. The molecule has 1 saturated heterocycles. The quantitative estimate of drug-likeness (QED) is 0.861. The maximum Gasteiger partial charge on any atom is 0.124 e. The van der Waals surface area contributed by atoms with Crippen molar-refractivity contribution in [2.24, 2.45) is 5.92 Å². The first-order chi connectivity index (χ1) is 10.2. The molecule has 1 heterocycles. The van der Waals surface area contributed by atoms with Crippen molar-refractivity contribution in [3.8, 4) is 0 Å². The van der Waals surface area contributed by atoms with Gasteiger partial charge in [0.1, 0.15) is 5.82 Å². The summed E-state index contributed by atoms with van der Waals surface area (Å²) >= 11 is 3.51. The molecule has 0 bridgehead atoms. The van der Waals surface area contributed by atoms with E-state index in [2.05, 4.69) is 33.1 Å². The van der Waals surface area contributed by atoms with Crippen LogP contribution in [0.3, 0.4) is 0 Å². The molecule has 2 aliphatic rings. The van der Waals surface area contributed by atoms with E-state index in [1.165, 1.54) is 31.2 Å². The predicted octanol–water partition coefficient (Wildman–Crippen LogP) is 3.94. The minimum atomic E-state index is -0.173. The van der Waals surface area contributed by atoms with Gasteiger partial charge in [-0.15, -0.1) is 0 Å². The third-order valence-electron chi connectivity index (χ3n) is 4.73. The molecule has 0 amide bonds. The molecule has 1 N–H and O–H groups in total. The van der Waals surface area contributed by atoms with Gasteiger partial charge in [0.2, 0.25) is 0 Å². The van der Waals surface area contributed by atoms with E-state index in [4.69, 9.17) is 0 Å². The molecule has 1 aromatic carbocycles. The summed E-state index contributed by atoms with van der Waals surface area (Å²) in [5, 5.41) is 3.72. The van der Waals surface area contributed by atoms with E-state index in [9.17, 15) is 4.39 Å². The lowest BCUT2D eigenvalue weighted by Gasteiger charge is -2.41. The van der Waals surface area contributed by atoms with Crippen LogP contribution in [-0.4, -0.2) is 30.1 Å². The first-order valence-electron chi connectivity index (χ1n) is 8.08. The first kappa shape index (κ1) is 15.4. The van der Waals surface area contributed by atoms with Gasteiger partial charge in [-0.05, 0) is 42.9 Å². The van der Waals surface area contributed by atoms with Crippen LogP contribution in [0.2, 0.25) is 0 Å². The number of halogens is 2. The van der Waals surface area contributed by atoms with Gasteiger partial charge in [0.05, 0.1) is 0 Å². The lowest BCUT2D eigenvalue weighted by Crippen LogP contribution is -2.56. The van der Waals surface area contributed by atoms with Crippen molar-refractivity contribution in [2.45, 2.75) is 51.2 Å². The highest BCUT2D eigenvalue weighted by molar-refractivity contribution is 9.10. The minimum absolute atomic E-state index is 0.173. The standard InChI is InChI=1S/C17H24BrFN2/c1-2-3-15-11-21(17(9-20-15)12-4-5-12)10-13-6-7-14(19)8-16(13)18/h6-8,12,15,17,20H,2-5,9-11H2,1H3. The Hall–Kier alpha value is -0.450. The predicted molar refractivity (Wildman–Crippen MR) is 87.7 cm³/mol. The van der Waals surface area contributed by atoms with Crippen LogP contribution >= 0.6 is 15.9 Å². The van der Waals surface area contributed by atoms with Gasteiger partial charge in [-0.3, -0.25) is 4.90 Å². The zero-order chi connectivity index (χ0) is 14.8. The fourth-order valence-corrected chi connectivity index (χ4v) is 3.91. The van der Waals surface area contributed by atoms with Gasteiger partial charge in [-0.2, -0.15) is 0 Å². The zero-order valence-corrected chi connectivity index (χ0v) is 14.2. The number of rotatable bonds is 5. The first-order valence-corrected chi connectivity index (χ1v) is 8.88. The number of benzene rings is 1. The van der Waals surface area contributed by atoms with Gasteiger partial charge in [-0.25, -0.2) is 4.39 Å². The molecule has 4 heteroatoms. The second-order valence-corrected chi connectivity index (χ2v) is 7.32. The molecule has 2 atom stereocenters. The Labute approximate surface area is 135 Å². The van der Waals surface area contributed by atoms with Crippen molar-refractivity contribution in [2.75, 3.05) is 13.1 Å². The summed E-state index contributed by atoms with van der Waals surface area (Å²) in [5.74, 6) is 0.688. The van der Waals surface area contributed by atoms with Crippen molar-refractivity contribution in [1.82, 2.24) is 10.2 Å². The van der Waals surface area contributed by atoms with Crippen LogP contribution < -0.4 is 5.32 Å². The van der Waals surface area contributed by atoms with Crippen molar-refractivity contribution < 1.29 is 4.39 Å². The van der Waals surface area contributed by atoms with E-state index >= 15 is 0 Å². The number of piperazine rings is 1. The Morgan fingerprint density at radius 3 is 2.86 bits per heavy atom. The zero-order valence-electron chi connectivity index (χ0n) is 12.6. The summed E-state index contributed by atoms with van der Waals surface area (Å²) in [5.41, 5.74) is 1.19. The van der Waals surface area contributed by atoms with Gasteiger partial charge in [0.15, 0.2) is 0 Å². The number of nitrogens with zero attached hydrogens (tertiary/aromatic N) is 1. The molecular formula is C17H24BrFN2. The van der Waals surface area contributed by atoms with Crippen molar-refractivity contribution in [1.29, 1.82) is 0 Å². The molecule has 2 fully saturated rings.